The Hall–Kier alpha value is -2.75. The Morgan fingerprint density at radius 1 is 1.25 bits per heavy atom. The number of benzene rings is 1. The Bertz CT molecular complexity index is 884. The van der Waals surface area contributed by atoms with Gasteiger partial charge in [-0.2, -0.15) is 5.26 Å². The van der Waals surface area contributed by atoms with Crippen molar-refractivity contribution in [1.29, 1.82) is 5.26 Å². The zero-order chi connectivity index (χ0) is 16.9. The number of aromatic nitrogens is 2. The fourth-order valence-electron chi connectivity index (χ4n) is 2.39. The predicted octanol–water partition coefficient (Wildman–Crippen LogP) is 3.42. The minimum atomic E-state index is 0.269. The maximum Gasteiger partial charge on any atom is 0.232 e. The molecule has 0 aliphatic carbocycles. The lowest BCUT2D eigenvalue weighted by molar-refractivity contribution is 0.292. The first-order valence-corrected chi connectivity index (χ1v) is 8.27. The second kappa shape index (κ2) is 7.21. The van der Waals surface area contributed by atoms with Gasteiger partial charge in [0, 0.05) is 23.2 Å². The van der Waals surface area contributed by atoms with E-state index in [-0.39, 0.29) is 6.61 Å². The van der Waals surface area contributed by atoms with Crippen LogP contribution in [0, 0.1) is 18.3 Å². The number of rotatable bonds is 5. The van der Waals surface area contributed by atoms with Crippen molar-refractivity contribution in [1.82, 2.24) is 9.97 Å². The lowest BCUT2D eigenvalue weighted by atomic mass is 10.0. The Morgan fingerprint density at radius 3 is 2.71 bits per heavy atom. The first-order valence-electron chi connectivity index (χ1n) is 7.45. The van der Waals surface area contributed by atoms with Crippen LogP contribution in [0.15, 0.2) is 42.6 Å². The Morgan fingerprint density at radius 2 is 2.04 bits per heavy atom. The van der Waals surface area contributed by atoms with E-state index >= 15 is 0 Å². The summed E-state index contributed by atoms with van der Waals surface area (Å²) in [6.07, 6.45) is 1.65. The van der Waals surface area contributed by atoms with E-state index in [0.717, 1.165) is 26.7 Å². The molecule has 1 aromatic carbocycles. The van der Waals surface area contributed by atoms with Crippen molar-refractivity contribution >= 4 is 11.3 Å². The summed E-state index contributed by atoms with van der Waals surface area (Å²) >= 11 is 1.55. The molecule has 0 aliphatic rings. The van der Waals surface area contributed by atoms with Crippen molar-refractivity contribution in [3.8, 4) is 23.1 Å². The fraction of sp³-hybridized carbons (Fsp3) is 0.167. The summed E-state index contributed by atoms with van der Waals surface area (Å²) in [4.78, 5) is 9.73. The fourth-order valence-corrected chi connectivity index (χ4v) is 3.26. The normalized spacial score (nSPS) is 10.4. The molecule has 2 aromatic heterocycles. The average Bonchev–Trinajstić information content (AvgIpc) is 3.00. The third-order valence-corrected chi connectivity index (χ3v) is 4.56. The van der Waals surface area contributed by atoms with E-state index in [4.69, 9.17) is 10.5 Å². The van der Waals surface area contributed by atoms with E-state index in [1.807, 2.05) is 43.3 Å². The molecule has 0 atom stereocenters. The molecule has 2 heterocycles. The van der Waals surface area contributed by atoms with Crippen molar-refractivity contribution in [3.05, 3.63) is 63.7 Å². The molecule has 0 aliphatic heterocycles. The van der Waals surface area contributed by atoms with Gasteiger partial charge in [0.1, 0.15) is 23.2 Å². The maximum atomic E-state index is 9.54. The number of pyridine rings is 1. The number of nitriles is 1. The lowest BCUT2D eigenvalue weighted by Gasteiger charge is -2.09. The van der Waals surface area contributed by atoms with Gasteiger partial charge in [0.2, 0.25) is 5.88 Å². The summed E-state index contributed by atoms with van der Waals surface area (Å²) in [5.74, 6) is 0.320. The van der Waals surface area contributed by atoms with Crippen LogP contribution in [0.1, 0.15) is 21.1 Å². The second-order valence-corrected chi connectivity index (χ2v) is 6.41. The van der Waals surface area contributed by atoms with Gasteiger partial charge in [-0.3, -0.25) is 0 Å². The molecule has 120 valence electrons. The molecule has 0 bridgehead atoms. The molecule has 2 N–H and O–H groups in total. The topological polar surface area (TPSA) is 84.8 Å². The molecule has 0 radical (unpaired) electrons. The first-order chi connectivity index (χ1) is 11.7. The third kappa shape index (κ3) is 3.27. The van der Waals surface area contributed by atoms with Gasteiger partial charge in [-0.15, -0.1) is 11.3 Å². The first kappa shape index (κ1) is 16.1. The van der Waals surface area contributed by atoms with Gasteiger partial charge in [0.05, 0.1) is 5.69 Å². The van der Waals surface area contributed by atoms with Gasteiger partial charge >= 0.3 is 0 Å². The molecule has 0 spiro atoms. The number of nitrogens with two attached hydrogens (primary N) is 1. The zero-order valence-corrected chi connectivity index (χ0v) is 14.0. The van der Waals surface area contributed by atoms with Crippen molar-refractivity contribution in [2.45, 2.75) is 20.1 Å². The van der Waals surface area contributed by atoms with Crippen LogP contribution in [0.3, 0.4) is 0 Å². The Labute approximate surface area is 144 Å². The van der Waals surface area contributed by atoms with E-state index in [1.165, 1.54) is 0 Å². The molecular formula is C18H16N4OS. The average molecular weight is 336 g/mol. The smallest absolute Gasteiger partial charge is 0.232 e. The largest absolute Gasteiger partial charge is 0.469 e. The highest BCUT2D eigenvalue weighted by atomic mass is 32.1. The highest BCUT2D eigenvalue weighted by Gasteiger charge is 2.14. The molecule has 3 rings (SSSR count). The van der Waals surface area contributed by atoms with Gasteiger partial charge in [-0.1, -0.05) is 30.3 Å². The zero-order valence-electron chi connectivity index (χ0n) is 13.2. The van der Waals surface area contributed by atoms with Crippen molar-refractivity contribution in [2.24, 2.45) is 5.73 Å². The third-order valence-electron chi connectivity index (χ3n) is 3.58. The minimum Gasteiger partial charge on any atom is -0.469 e. The molecule has 0 unspecified atom stereocenters. The van der Waals surface area contributed by atoms with Crippen LogP contribution in [-0.4, -0.2) is 9.97 Å². The summed E-state index contributed by atoms with van der Waals surface area (Å²) < 4.78 is 5.76. The Kier molecular flexibility index (Phi) is 4.85. The van der Waals surface area contributed by atoms with E-state index in [0.29, 0.717) is 18.0 Å². The molecule has 0 amide bonds. The monoisotopic (exact) mass is 336 g/mol. The molecule has 6 heteroatoms. The van der Waals surface area contributed by atoms with Crippen LogP contribution in [0.2, 0.25) is 0 Å². The van der Waals surface area contributed by atoms with E-state index in [2.05, 4.69) is 16.0 Å². The molecule has 0 saturated heterocycles. The van der Waals surface area contributed by atoms with Gasteiger partial charge < -0.3 is 10.5 Å². The van der Waals surface area contributed by atoms with Gasteiger partial charge in [0.25, 0.3) is 0 Å². The SMILES string of the molecule is Cc1sc(COc2nccc(-c3ccccc3)c2C#N)nc1CN. The van der Waals surface area contributed by atoms with E-state index in [9.17, 15) is 5.26 Å². The number of ether oxygens (including phenoxy) is 1. The van der Waals surface area contributed by atoms with Crippen LogP contribution < -0.4 is 10.5 Å². The number of hydrogen-bond acceptors (Lipinski definition) is 6. The molecule has 5 nitrogen and oxygen atoms in total. The van der Waals surface area contributed by atoms with Gasteiger partial charge in [0.15, 0.2) is 0 Å². The summed E-state index contributed by atoms with van der Waals surface area (Å²) in [5, 5.41) is 10.4. The lowest BCUT2D eigenvalue weighted by Crippen LogP contribution is -2.02. The summed E-state index contributed by atoms with van der Waals surface area (Å²) in [6.45, 7) is 2.66. The van der Waals surface area contributed by atoms with Gasteiger partial charge in [-0.25, -0.2) is 9.97 Å². The summed E-state index contributed by atoms with van der Waals surface area (Å²) in [6, 6.07) is 13.7. The number of hydrogen-bond donors (Lipinski definition) is 1. The standard InChI is InChI=1S/C18H16N4OS/c1-12-16(10-20)22-17(24-12)11-23-18-15(9-19)14(7-8-21-18)13-5-3-2-4-6-13/h2-8H,10-11,20H2,1H3. The van der Waals surface area contributed by atoms with Crippen LogP contribution in [0.25, 0.3) is 11.1 Å². The molecule has 0 fully saturated rings. The van der Waals surface area contributed by atoms with E-state index < -0.39 is 0 Å². The van der Waals surface area contributed by atoms with Gasteiger partial charge in [-0.05, 0) is 18.6 Å². The van der Waals surface area contributed by atoms with E-state index in [1.54, 1.807) is 17.5 Å². The highest BCUT2D eigenvalue weighted by Crippen LogP contribution is 2.29. The molecule has 3 aromatic rings. The van der Waals surface area contributed by atoms with Crippen LogP contribution in [-0.2, 0) is 13.2 Å². The number of aryl methyl sites for hydroxylation is 1. The summed E-state index contributed by atoms with van der Waals surface area (Å²) in [5.41, 5.74) is 8.72. The predicted molar refractivity (Wildman–Crippen MR) is 93.5 cm³/mol. The van der Waals surface area contributed by atoms with Crippen LogP contribution >= 0.6 is 11.3 Å². The maximum absolute atomic E-state index is 9.54. The van der Waals surface area contributed by atoms with Crippen molar-refractivity contribution in [3.63, 3.8) is 0 Å². The second-order valence-electron chi connectivity index (χ2n) is 5.12. The van der Waals surface area contributed by atoms with Crippen LogP contribution in [0.5, 0.6) is 5.88 Å². The highest BCUT2D eigenvalue weighted by molar-refractivity contribution is 7.11. The quantitative estimate of drug-likeness (QED) is 0.771. The van der Waals surface area contributed by atoms with Crippen molar-refractivity contribution in [2.75, 3.05) is 0 Å². The minimum absolute atomic E-state index is 0.269. The van der Waals surface area contributed by atoms with Crippen LogP contribution in [0.4, 0.5) is 0 Å². The van der Waals surface area contributed by atoms with Crippen molar-refractivity contribution < 1.29 is 4.74 Å². The summed E-state index contributed by atoms with van der Waals surface area (Å²) in [7, 11) is 0. The Balaban J connectivity index is 1.87. The molecule has 0 saturated carbocycles. The number of nitrogens with zero attached hydrogens (tertiary/aromatic N) is 3. The molecular weight excluding hydrogens is 320 g/mol. The molecule has 24 heavy (non-hydrogen) atoms. The number of thiazole rings is 1.